The first kappa shape index (κ1) is 20.4. The van der Waals surface area contributed by atoms with Crippen LogP contribution in [0.3, 0.4) is 0 Å². The molecule has 1 aromatic rings. The summed E-state index contributed by atoms with van der Waals surface area (Å²) in [5.74, 6) is 0.126. The molecule has 1 saturated carbocycles. The molecule has 0 amide bonds. The average molecular weight is 430 g/mol. The summed E-state index contributed by atoms with van der Waals surface area (Å²) in [6, 6.07) is 6.77. The van der Waals surface area contributed by atoms with Crippen molar-refractivity contribution in [2.75, 3.05) is 11.5 Å². The van der Waals surface area contributed by atoms with Gasteiger partial charge in [0, 0.05) is 6.21 Å². The second-order valence-corrected chi connectivity index (χ2v) is 10.8. The molecule has 146 valence electrons. The molecule has 1 aliphatic carbocycles. The highest BCUT2D eigenvalue weighted by atomic mass is 35.5. The lowest BCUT2D eigenvalue weighted by Gasteiger charge is -2.06. The highest BCUT2D eigenvalue weighted by molar-refractivity contribution is 7.91. The zero-order valence-electron chi connectivity index (χ0n) is 15.1. The molecule has 3 atom stereocenters. The van der Waals surface area contributed by atoms with Crippen LogP contribution in [0.4, 0.5) is 0 Å². The number of nitrogens with zero attached hydrogens (tertiary/aromatic N) is 1. The van der Waals surface area contributed by atoms with Crippen LogP contribution >= 0.6 is 23.2 Å². The Bertz CT molecular complexity index is 887. The van der Waals surface area contributed by atoms with E-state index in [0.717, 1.165) is 5.56 Å². The van der Waals surface area contributed by atoms with Gasteiger partial charge in [-0.1, -0.05) is 37.0 Å². The number of sulfone groups is 1. The standard InChI is InChI=1S/C19H21Cl2NO4S/c1-19(2)15(9-16(20)21)17(19)18(23)26-14-5-3-12(4-6-14)10-22-13-7-8-27(24,25)11-13/h3-6,9-10,13,15,17H,7-8,11H2,1-2H3/t13-,15-,17+/m1/s1. The summed E-state index contributed by atoms with van der Waals surface area (Å²) in [7, 11) is -2.94. The summed E-state index contributed by atoms with van der Waals surface area (Å²) >= 11 is 11.4. The van der Waals surface area contributed by atoms with Crippen molar-refractivity contribution in [3.63, 3.8) is 0 Å². The minimum atomic E-state index is -2.94. The fourth-order valence-corrected chi connectivity index (χ4v) is 5.37. The van der Waals surface area contributed by atoms with Gasteiger partial charge in [-0.05, 0) is 53.7 Å². The summed E-state index contributed by atoms with van der Waals surface area (Å²) < 4.78 is 28.5. The van der Waals surface area contributed by atoms with Crippen LogP contribution in [0.15, 0.2) is 39.8 Å². The van der Waals surface area contributed by atoms with E-state index < -0.39 is 9.84 Å². The Labute approximate surface area is 169 Å². The molecular weight excluding hydrogens is 409 g/mol. The van der Waals surface area contributed by atoms with Crippen LogP contribution in [-0.2, 0) is 14.6 Å². The maximum Gasteiger partial charge on any atom is 0.315 e. The summed E-state index contributed by atoms with van der Waals surface area (Å²) in [4.78, 5) is 16.7. The fraction of sp³-hybridized carbons (Fsp3) is 0.474. The van der Waals surface area contributed by atoms with Gasteiger partial charge in [0.25, 0.3) is 0 Å². The van der Waals surface area contributed by atoms with Gasteiger partial charge in [0.2, 0.25) is 0 Å². The smallest absolute Gasteiger partial charge is 0.315 e. The summed E-state index contributed by atoms with van der Waals surface area (Å²) in [5, 5.41) is 0. The average Bonchev–Trinajstić information content (AvgIpc) is 2.92. The van der Waals surface area contributed by atoms with Crippen LogP contribution in [0.1, 0.15) is 25.8 Å². The van der Waals surface area contributed by atoms with Crippen molar-refractivity contribution >= 4 is 45.2 Å². The predicted molar refractivity (Wildman–Crippen MR) is 107 cm³/mol. The van der Waals surface area contributed by atoms with Crippen molar-refractivity contribution in [1.29, 1.82) is 0 Å². The maximum atomic E-state index is 12.4. The molecule has 1 aromatic carbocycles. The molecule has 0 bridgehead atoms. The Kier molecular flexibility index (Phi) is 5.71. The summed E-state index contributed by atoms with van der Waals surface area (Å²) in [6.45, 7) is 3.94. The molecule has 0 aromatic heterocycles. The SMILES string of the molecule is CC1(C)[C@H](C=C(Cl)Cl)[C@H]1C(=O)Oc1ccc(C=N[C@@H]2CCS(=O)(=O)C2)cc1. The molecule has 0 radical (unpaired) electrons. The van der Waals surface area contributed by atoms with Gasteiger partial charge in [0.05, 0.1) is 23.5 Å². The Morgan fingerprint density at radius 3 is 2.48 bits per heavy atom. The van der Waals surface area contributed by atoms with E-state index in [1.165, 1.54) is 0 Å². The third-order valence-electron chi connectivity index (χ3n) is 5.21. The second kappa shape index (κ2) is 7.57. The molecule has 3 rings (SSSR count). The number of allylic oxidation sites excluding steroid dienone is 1. The van der Waals surface area contributed by atoms with E-state index in [0.29, 0.717) is 12.2 Å². The van der Waals surface area contributed by atoms with Gasteiger partial charge >= 0.3 is 5.97 Å². The van der Waals surface area contributed by atoms with Crippen molar-refractivity contribution < 1.29 is 17.9 Å². The first-order valence-electron chi connectivity index (χ1n) is 8.67. The van der Waals surface area contributed by atoms with Crippen molar-refractivity contribution in [3.8, 4) is 5.75 Å². The van der Waals surface area contributed by atoms with E-state index in [1.54, 1.807) is 36.6 Å². The molecule has 2 fully saturated rings. The summed E-state index contributed by atoms with van der Waals surface area (Å²) in [5.41, 5.74) is 0.584. The normalized spacial score (nSPS) is 28.1. The van der Waals surface area contributed by atoms with Gasteiger partial charge < -0.3 is 4.74 Å². The quantitative estimate of drug-likeness (QED) is 0.405. The van der Waals surface area contributed by atoms with Crippen LogP contribution in [0.2, 0.25) is 0 Å². The minimum absolute atomic E-state index is 0.0379. The molecule has 5 nitrogen and oxygen atoms in total. The number of carbonyl (C=O) groups is 1. The number of esters is 1. The molecule has 8 heteroatoms. The van der Waals surface area contributed by atoms with Gasteiger partial charge in [0.15, 0.2) is 9.84 Å². The third kappa shape index (κ3) is 4.92. The van der Waals surface area contributed by atoms with Gasteiger partial charge in [-0.25, -0.2) is 8.42 Å². The number of ether oxygens (including phenoxy) is 1. The lowest BCUT2D eigenvalue weighted by Crippen LogP contribution is -2.13. The Balaban J connectivity index is 1.58. The molecule has 1 heterocycles. The van der Waals surface area contributed by atoms with E-state index in [1.807, 2.05) is 13.8 Å². The molecule has 2 aliphatic rings. The van der Waals surface area contributed by atoms with Crippen molar-refractivity contribution in [2.45, 2.75) is 26.3 Å². The number of halogens is 2. The van der Waals surface area contributed by atoms with Crippen LogP contribution in [0.5, 0.6) is 5.75 Å². The number of hydrogen-bond donors (Lipinski definition) is 0. The highest BCUT2D eigenvalue weighted by Gasteiger charge is 2.61. The number of rotatable bonds is 5. The second-order valence-electron chi connectivity index (χ2n) is 7.61. The largest absolute Gasteiger partial charge is 0.426 e. The van der Waals surface area contributed by atoms with E-state index in [-0.39, 0.29) is 45.3 Å². The van der Waals surface area contributed by atoms with Gasteiger partial charge in [-0.15, -0.1) is 0 Å². The van der Waals surface area contributed by atoms with Crippen molar-refractivity contribution in [1.82, 2.24) is 0 Å². The van der Waals surface area contributed by atoms with Crippen LogP contribution in [-0.4, -0.2) is 38.1 Å². The lowest BCUT2D eigenvalue weighted by molar-refractivity contribution is -0.136. The zero-order valence-corrected chi connectivity index (χ0v) is 17.4. The van der Waals surface area contributed by atoms with Crippen molar-refractivity contribution in [2.24, 2.45) is 22.2 Å². The predicted octanol–water partition coefficient (Wildman–Crippen LogP) is 3.79. The van der Waals surface area contributed by atoms with Crippen LogP contribution in [0.25, 0.3) is 0 Å². The number of aliphatic imine (C=N–C) groups is 1. The van der Waals surface area contributed by atoms with E-state index >= 15 is 0 Å². The van der Waals surface area contributed by atoms with Crippen LogP contribution < -0.4 is 4.74 Å². The monoisotopic (exact) mass is 429 g/mol. The van der Waals surface area contributed by atoms with E-state index in [2.05, 4.69) is 4.99 Å². The number of benzene rings is 1. The molecular formula is C19H21Cl2NO4S. The Morgan fingerprint density at radius 1 is 1.26 bits per heavy atom. The molecule has 0 spiro atoms. The highest BCUT2D eigenvalue weighted by Crippen LogP contribution is 2.60. The van der Waals surface area contributed by atoms with Gasteiger partial charge in [-0.2, -0.15) is 0 Å². The minimum Gasteiger partial charge on any atom is -0.426 e. The van der Waals surface area contributed by atoms with Crippen LogP contribution in [0, 0.1) is 17.3 Å². The Hall–Kier alpha value is -1.37. The molecule has 0 unspecified atom stereocenters. The third-order valence-corrected chi connectivity index (χ3v) is 7.21. The van der Waals surface area contributed by atoms with E-state index in [4.69, 9.17) is 27.9 Å². The topological polar surface area (TPSA) is 72.8 Å². The number of hydrogen-bond acceptors (Lipinski definition) is 5. The first-order valence-corrected chi connectivity index (χ1v) is 11.2. The molecule has 1 saturated heterocycles. The lowest BCUT2D eigenvalue weighted by atomic mass is 10.1. The zero-order chi connectivity index (χ0) is 19.8. The Morgan fingerprint density at radius 2 is 1.93 bits per heavy atom. The molecule has 0 N–H and O–H groups in total. The van der Waals surface area contributed by atoms with Gasteiger partial charge in [-0.3, -0.25) is 9.79 Å². The molecule has 27 heavy (non-hydrogen) atoms. The molecule has 1 aliphatic heterocycles. The van der Waals surface area contributed by atoms with Crippen molar-refractivity contribution in [3.05, 3.63) is 40.4 Å². The van der Waals surface area contributed by atoms with E-state index in [9.17, 15) is 13.2 Å². The fourth-order valence-electron chi connectivity index (χ4n) is 3.46. The maximum absolute atomic E-state index is 12.4. The summed E-state index contributed by atoms with van der Waals surface area (Å²) in [6.07, 6.45) is 3.90. The first-order chi connectivity index (χ1) is 12.6. The van der Waals surface area contributed by atoms with Gasteiger partial charge in [0.1, 0.15) is 10.2 Å². The number of carbonyl (C=O) groups excluding carboxylic acids is 1.